The molecule has 1 N–H and O–H groups in total. The summed E-state index contributed by atoms with van der Waals surface area (Å²) in [6.07, 6.45) is -1.04. The number of rotatable bonds is 4. The van der Waals surface area contributed by atoms with E-state index in [-0.39, 0.29) is 23.1 Å². The van der Waals surface area contributed by atoms with Gasteiger partial charge in [-0.15, -0.1) is 0 Å². The van der Waals surface area contributed by atoms with Crippen LogP contribution in [0.15, 0.2) is 16.6 Å². The zero-order valence-electron chi connectivity index (χ0n) is 8.14. The zero-order valence-corrected chi connectivity index (χ0v) is 9.72. The maximum absolute atomic E-state index is 13.5. The average Bonchev–Trinajstić information content (AvgIpc) is 2.21. The Morgan fingerprint density at radius 2 is 2.13 bits per heavy atom. The first-order valence-corrected chi connectivity index (χ1v) is 5.17. The van der Waals surface area contributed by atoms with E-state index >= 15 is 0 Å². The molecule has 0 radical (unpaired) electrons. The molecule has 84 valence electrons. The molecule has 0 fully saturated rings. The number of aliphatic hydroxyl groups excluding tert-OH is 1. The molecule has 0 saturated heterocycles. The molecule has 0 bridgehead atoms. The van der Waals surface area contributed by atoms with Gasteiger partial charge in [-0.3, -0.25) is 0 Å². The van der Waals surface area contributed by atoms with Gasteiger partial charge in [-0.2, -0.15) is 0 Å². The van der Waals surface area contributed by atoms with Crippen LogP contribution in [-0.2, 0) is 4.74 Å². The van der Waals surface area contributed by atoms with Gasteiger partial charge in [0.05, 0.1) is 16.1 Å². The number of halogens is 3. The maximum atomic E-state index is 13.5. The Labute approximate surface area is 95.0 Å². The predicted molar refractivity (Wildman–Crippen MR) is 55.5 cm³/mol. The van der Waals surface area contributed by atoms with Crippen LogP contribution in [0.5, 0.6) is 0 Å². The number of hydrogen-bond acceptors (Lipinski definition) is 2. The Bertz CT molecular complexity index is 344. The molecule has 0 aliphatic heterocycles. The lowest BCUT2D eigenvalue weighted by Gasteiger charge is -2.13. The highest BCUT2D eigenvalue weighted by molar-refractivity contribution is 9.10. The molecule has 0 saturated carbocycles. The monoisotopic (exact) mass is 280 g/mol. The number of hydrogen-bond donors (Lipinski definition) is 1. The van der Waals surface area contributed by atoms with Crippen molar-refractivity contribution < 1.29 is 18.6 Å². The second kappa shape index (κ2) is 5.53. The highest BCUT2D eigenvalue weighted by Gasteiger charge is 2.19. The summed E-state index contributed by atoms with van der Waals surface area (Å²) < 4.78 is 31.6. The van der Waals surface area contributed by atoms with E-state index in [0.29, 0.717) is 0 Å². The molecule has 15 heavy (non-hydrogen) atoms. The standard InChI is InChI=1S/C10H11BrF2O2/c1-15-5-4-8(14)9-7(12)3-2-6(11)10(9)13/h2-3,8,14H,4-5H2,1H3. The van der Waals surface area contributed by atoms with Gasteiger partial charge in [-0.05, 0) is 28.1 Å². The summed E-state index contributed by atoms with van der Waals surface area (Å²) in [6, 6.07) is 2.37. The quantitative estimate of drug-likeness (QED) is 0.860. The van der Waals surface area contributed by atoms with Crippen molar-refractivity contribution in [2.75, 3.05) is 13.7 Å². The van der Waals surface area contributed by atoms with Gasteiger partial charge in [0.15, 0.2) is 0 Å². The average molecular weight is 281 g/mol. The summed E-state index contributed by atoms with van der Waals surface area (Å²) in [6.45, 7) is 0.243. The molecule has 1 atom stereocenters. The summed E-state index contributed by atoms with van der Waals surface area (Å²) in [5, 5.41) is 9.56. The minimum atomic E-state index is -1.19. The highest BCUT2D eigenvalue weighted by atomic mass is 79.9. The van der Waals surface area contributed by atoms with E-state index in [9.17, 15) is 13.9 Å². The molecule has 0 aliphatic rings. The molecule has 0 spiro atoms. The SMILES string of the molecule is COCCC(O)c1c(F)ccc(Br)c1F. The zero-order chi connectivity index (χ0) is 11.4. The Morgan fingerprint density at radius 3 is 2.73 bits per heavy atom. The smallest absolute Gasteiger partial charge is 0.146 e. The van der Waals surface area contributed by atoms with Gasteiger partial charge in [0, 0.05) is 20.1 Å². The van der Waals surface area contributed by atoms with Crippen LogP contribution in [-0.4, -0.2) is 18.8 Å². The first-order valence-electron chi connectivity index (χ1n) is 4.38. The van der Waals surface area contributed by atoms with Crippen molar-refractivity contribution in [3.8, 4) is 0 Å². The fourth-order valence-corrected chi connectivity index (χ4v) is 1.57. The first kappa shape index (κ1) is 12.5. The lowest BCUT2D eigenvalue weighted by Crippen LogP contribution is -2.07. The van der Waals surface area contributed by atoms with E-state index < -0.39 is 17.7 Å². The van der Waals surface area contributed by atoms with Gasteiger partial charge < -0.3 is 9.84 Å². The van der Waals surface area contributed by atoms with Gasteiger partial charge in [0.1, 0.15) is 11.6 Å². The van der Waals surface area contributed by atoms with Crippen LogP contribution in [0.1, 0.15) is 18.1 Å². The normalized spacial score (nSPS) is 12.9. The van der Waals surface area contributed by atoms with Crippen molar-refractivity contribution in [3.05, 3.63) is 33.8 Å². The summed E-state index contributed by atoms with van der Waals surface area (Å²) >= 11 is 2.93. The molecule has 1 aromatic rings. The predicted octanol–water partition coefficient (Wildman–Crippen LogP) is 2.80. The molecule has 0 aliphatic carbocycles. The summed E-state index contributed by atoms with van der Waals surface area (Å²) in [5.74, 6) is -1.52. The third kappa shape index (κ3) is 2.96. The van der Waals surface area contributed by atoms with E-state index in [1.54, 1.807) is 0 Å². The van der Waals surface area contributed by atoms with Crippen LogP contribution < -0.4 is 0 Å². The van der Waals surface area contributed by atoms with Crippen molar-refractivity contribution >= 4 is 15.9 Å². The minimum Gasteiger partial charge on any atom is -0.388 e. The Kier molecular flexibility index (Phi) is 4.63. The summed E-state index contributed by atoms with van der Waals surface area (Å²) in [4.78, 5) is 0. The minimum absolute atomic E-state index is 0.135. The topological polar surface area (TPSA) is 29.5 Å². The molecule has 0 heterocycles. The Hall–Kier alpha value is -0.520. The fourth-order valence-electron chi connectivity index (χ4n) is 1.22. The van der Waals surface area contributed by atoms with Crippen molar-refractivity contribution in [1.29, 1.82) is 0 Å². The molecule has 1 rings (SSSR count). The van der Waals surface area contributed by atoms with Crippen molar-refractivity contribution in [3.63, 3.8) is 0 Å². The number of ether oxygens (including phenoxy) is 1. The largest absolute Gasteiger partial charge is 0.388 e. The number of methoxy groups -OCH3 is 1. The molecule has 1 aromatic carbocycles. The molecule has 1 unspecified atom stereocenters. The molecule has 5 heteroatoms. The molecular weight excluding hydrogens is 270 g/mol. The van der Waals surface area contributed by atoms with E-state index in [2.05, 4.69) is 15.9 Å². The Morgan fingerprint density at radius 1 is 1.47 bits per heavy atom. The van der Waals surface area contributed by atoms with Crippen LogP contribution in [0.4, 0.5) is 8.78 Å². The third-order valence-electron chi connectivity index (χ3n) is 2.01. The van der Waals surface area contributed by atoms with Crippen molar-refractivity contribution in [2.24, 2.45) is 0 Å². The summed E-state index contributed by atoms with van der Waals surface area (Å²) in [5.41, 5.74) is -0.318. The lowest BCUT2D eigenvalue weighted by atomic mass is 10.1. The van der Waals surface area contributed by atoms with E-state index in [0.717, 1.165) is 6.07 Å². The first-order chi connectivity index (χ1) is 7.07. The second-order valence-electron chi connectivity index (χ2n) is 3.05. The number of aliphatic hydroxyl groups is 1. The van der Waals surface area contributed by atoms with Crippen molar-refractivity contribution in [1.82, 2.24) is 0 Å². The number of benzene rings is 1. The molecule has 0 amide bonds. The van der Waals surface area contributed by atoms with Gasteiger partial charge in [0.2, 0.25) is 0 Å². The van der Waals surface area contributed by atoms with Crippen LogP contribution in [0.25, 0.3) is 0 Å². The molecule has 0 aromatic heterocycles. The lowest BCUT2D eigenvalue weighted by molar-refractivity contribution is 0.105. The molecular formula is C10H11BrF2O2. The van der Waals surface area contributed by atoms with Crippen LogP contribution >= 0.6 is 15.9 Å². The third-order valence-corrected chi connectivity index (χ3v) is 2.62. The van der Waals surface area contributed by atoms with Gasteiger partial charge >= 0.3 is 0 Å². The Balaban J connectivity index is 2.96. The molecule has 2 nitrogen and oxygen atoms in total. The van der Waals surface area contributed by atoms with Crippen molar-refractivity contribution in [2.45, 2.75) is 12.5 Å². The highest BCUT2D eigenvalue weighted by Crippen LogP contribution is 2.28. The van der Waals surface area contributed by atoms with E-state index in [1.807, 2.05) is 0 Å². The van der Waals surface area contributed by atoms with Crippen LogP contribution in [0, 0.1) is 11.6 Å². The second-order valence-corrected chi connectivity index (χ2v) is 3.91. The van der Waals surface area contributed by atoms with Crippen LogP contribution in [0.3, 0.4) is 0 Å². The summed E-state index contributed by atoms with van der Waals surface area (Å²) in [7, 11) is 1.46. The van der Waals surface area contributed by atoms with Crippen LogP contribution in [0.2, 0.25) is 0 Å². The van der Waals surface area contributed by atoms with Gasteiger partial charge in [-0.1, -0.05) is 0 Å². The van der Waals surface area contributed by atoms with Gasteiger partial charge in [-0.25, -0.2) is 8.78 Å². The van der Waals surface area contributed by atoms with Gasteiger partial charge in [0.25, 0.3) is 0 Å². The van der Waals surface area contributed by atoms with E-state index in [4.69, 9.17) is 4.74 Å². The fraction of sp³-hybridized carbons (Fsp3) is 0.400. The maximum Gasteiger partial charge on any atom is 0.146 e. The van der Waals surface area contributed by atoms with E-state index in [1.165, 1.54) is 13.2 Å².